The van der Waals surface area contributed by atoms with Crippen molar-refractivity contribution in [2.24, 2.45) is 11.8 Å². The van der Waals surface area contributed by atoms with E-state index in [1.54, 1.807) is 0 Å². The van der Waals surface area contributed by atoms with Gasteiger partial charge in [0.25, 0.3) is 0 Å². The predicted molar refractivity (Wildman–Crippen MR) is 124 cm³/mol. The molecule has 2 saturated carbocycles. The van der Waals surface area contributed by atoms with E-state index in [1.165, 1.54) is 0 Å². The fraction of sp³-hybridized carbons (Fsp3) is 0.519. The summed E-state index contributed by atoms with van der Waals surface area (Å²) in [4.78, 5) is 17.8. The zero-order chi connectivity index (χ0) is 22.1. The van der Waals surface area contributed by atoms with Crippen LogP contribution in [0.5, 0.6) is 0 Å². The largest absolute Gasteiger partial charge is 0.388 e. The summed E-state index contributed by atoms with van der Waals surface area (Å²) in [6, 6.07) is 19.2. The van der Waals surface area contributed by atoms with Crippen molar-refractivity contribution in [3.8, 4) is 0 Å². The molecule has 32 heavy (non-hydrogen) atoms. The number of urea groups is 1. The van der Waals surface area contributed by atoms with Crippen LogP contribution in [0.1, 0.15) is 36.8 Å². The van der Waals surface area contributed by atoms with Crippen molar-refractivity contribution >= 4 is 6.03 Å². The number of hydrogen-bond acceptors (Lipinski definition) is 3. The normalized spacial score (nSPS) is 28.6. The lowest BCUT2D eigenvalue weighted by Gasteiger charge is -2.36. The summed E-state index contributed by atoms with van der Waals surface area (Å²) in [7, 11) is 0. The molecule has 5 nitrogen and oxygen atoms in total. The van der Waals surface area contributed by atoms with Crippen LogP contribution in [0.15, 0.2) is 60.7 Å². The number of benzene rings is 2. The molecule has 3 fully saturated rings. The summed E-state index contributed by atoms with van der Waals surface area (Å²) < 4.78 is 0. The minimum absolute atomic E-state index is 0.0127. The van der Waals surface area contributed by atoms with Crippen molar-refractivity contribution in [2.45, 2.75) is 62.8 Å². The number of rotatable bonds is 8. The Morgan fingerprint density at radius 2 is 1.03 bits per heavy atom. The third-order valence-corrected chi connectivity index (χ3v) is 7.31. The highest BCUT2D eigenvalue weighted by Gasteiger charge is 2.48. The molecule has 2 amide bonds. The Hall–Kier alpha value is -2.37. The van der Waals surface area contributed by atoms with E-state index < -0.39 is 24.3 Å². The van der Waals surface area contributed by atoms with Gasteiger partial charge in [-0.1, -0.05) is 60.7 Å². The second-order valence-electron chi connectivity index (χ2n) is 9.97. The van der Waals surface area contributed by atoms with Crippen molar-refractivity contribution in [1.82, 2.24) is 9.80 Å². The first-order valence-electron chi connectivity index (χ1n) is 12.1. The highest BCUT2D eigenvalue weighted by Crippen LogP contribution is 2.37. The number of hydrogen-bond donors (Lipinski definition) is 2. The van der Waals surface area contributed by atoms with Gasteiger partial charge in [-0.15, -0.1) is 0 Å². The number of carbonyl (C=O) groups excluding carboxylic acids is 1. The second kappa shape index (κ2) is 9.24. The number of aliphatic hydroxyl groups is 2. The molecule has 2 aromatic rings. The van der Waals surface area contributed by atoms with Gasteiger partial charge in [0.15, 0.2) is 0 Å². The van der Waals surface area contributed by atoms with Crippen LogP contribution in [0, 0.1) is 11.8 Å². The molecule has 3 aliphatic rings. The quantitative estimate of drug-likeness (QED) is 0.669. The average molecular weight is 435 g/mol. The molecule has 170 valence electrons. The predicted octanol–water partition coefficient (Wildman–Crippen LogP) is 3.49. The molecule has 1 aliphatic heterocycles. The Labute approximate surface area is 190 Å². The Morgan fingerprint density at radius 3 is 1.38 bits per heavy atom. The monoisotopic (exact) mass is 434 g/mol. The van der Waals surface area contributed by atoms with Crippen molar-refractivity contribution in [3.05, 3.63) is 71.8 Å². The molecule has 1 heterocycles. The SMILES string of the molecule is O=C1N(CC2CC2)[C@H](Cc2ccccc2)[C@H](O)[C@@H](O)[C@@H](Cc2ccccc2)N1CC1CC1. The molecular formula is C27H34N2O3. The van der Waals surface area contributed by atoms with Gasteiger partial charge in [-0.2, -0.15) is 0 Å². The molecule has 2 N–H and O–H groups in total. The molecular weight excluding hydrogens is 400 g/mol. The smallest absolute Gasteiger partial charge is 0.320 e. The van der Waals surface area contributed by atoms with Gasteiger partial charge in [0, 0.05) is 13.1 Å². The van der Waals surface area contributed by atoms with Crippen LogP contribution in [-0.4, -0.2) is 63.4 Å². The van der Waals surface area contributed by atoms with E-state index >= 15 is 0 Å². The summed E-state index contributed by atoms with van der Waals surface area (Å²) in [6.45, 7) is 1.33. The van der Waals surface area contributed by atoms with Gasteiger partial charge < -0.3 is 20.0 Å². The van der Waals surface area contributed by atoms with Gasteiger partial charge in [0.2, 0.25) is 0 Å². The van der Waals surface area contributed by atoms with Crippen LogP contribution in [0.25, 0.3) is 0 Å². The Morgan fingerprint density at radius 1 is 0.656 bits per heavy atom. The van der Waals surface area contributed by atoms with E-state index in [2.05, 4.69) is 0 Å². The molecule has 2 aliphatic carbocycles. The summed E-state index contributed by atoms with van der Waals surface area (Å²) in [5.74, 6) is 1.02. The van der Waals surface area contributed by atoms with Gasteiger partial charge in [-0.3, -0.25) is 0 Å². The standard InChI is InChI=1S/C27H34N2O3/c30-25-23(15-19-7-3-1-4-8-19)28(17-21-11-12-21)27(32)29(18-22-13-14-22)24(26(25)31)16-20-9-5-2-6-10-20/h1-10,21-26,30-31H,11-18H2/t23-,24-,25+,26+/m1/s1. The van der Waals surface area contributed by atoms with Crippen molar-refractivity contribution in [1.29, 1.82) is 0 Å². The maximum absolute atomic E-state index is 14.0. The van der Waals surface area contributed by atoms with E-state index in [0.29, 0.717) is 37.8 Å². The maximum atomic E-state index is 14.0. The van der Waals surface area contributed by atoms with E-state index in [1.807, 2.05) is 70.5 Å². The van der Waals surface area contributed by atoms with Crippen molar-refractivity contribution < 1.29 is 15.0 Å². The Balaban J connectivity index is 1.49. The van der Waals surface area contributed by atoms with Crippen LogP contribution in [0.3, 0.4) is 0 Å². The van der Waals surface area contributed by atoms with Gasteiger partial charge in [-0.25, -0.2) is 4.79 Å². The third-order valence-electron chi connectivity index (χ3n) is 7.31. The lowest BCUT2D eigenvalue weighted by molar-refractivity contribution is -0.0401. The molecule has 0 aromatic heterocycles. The van der Waals surface area contributed by atoms with E-state index in [0.717, 1.165) is 36.8 Å². The summed E-state index contributed by atoms with van der Waals surface area (Å²) in [6.07, 6.45) is 3.66. The molecule has 5 rings (SSSR count). The zero-order valence-corrected chi connectivity index (χ0v) is 18.6. The first kappa shape index (κ1) is 21.5. The summed E-state index contributed by atoms with van der Waals surface area (Å²) in [5, 5.41) is 22.9. The fourth-order valence-electron chi connectivity index (χ4n) is 5.03. The summed E-state index contributed by atoms with van der Waals surface area (Å²) >= 11 is 0. The van der Waals surface area contributed by atoms with Gasteiger partial charge in [0.05, 0.1) is 12.1 Å². The molecule has 4 atom stereocenters. The minimum Gasteiger partial charge on any atom is -0.388 e. The highest BCUT2D eigenvalue weighted by atomic mass is 16.3. The molecule has 0 bridgehead atoms. The number of amides is 2. The van der Waals surface area contributed by atoms with E-state index in [9.17, 15) is 15.0 Å². The number of aliphatic hydroxyl groups excluding tert-OH is 2. The van der Waals surface area contributed by atoms with Crippen molar-refractivity contribution in [3.63, 3.8) is 0 Å². The molecule has 2 aromatic carbocycles. The molecule has 1 saturated heterocycles. The van der Waals surface area contributed by atoms with Crippen molar-refractivity contribution in [2.75, 3.05) is 13.1 Å². The summed E-state index contributed by atoms with van der Waals surface area (Å²) in [5.41, 5.74) is 2.15. The van der Waals surface area contributed by atoms with E-state index in [4.69, 9.17) is 0 Å². The minimum atomic E-state index is -0.990. The molecule has 0 unspecified atom stereocenters. The zero-order valence-electron chi connectivity index (χ0n) is 18.6. The lowest BCUT2D eigenvalue weighted by atomic mass is 9.91. The highest BCUT2D eigenvalue weighted by molar-refractivity contribution is 5.76. The first-order valence-corrected chi connectivity index (χ1v) is 12.1. The average Bonchev–Trinajstić information content (AvgIpc) is 3.74. The van der Waals surface area contributed by atoms with Gasteiger partial charge in [0.1, 0.15) is 12.2 Å². The number of carbonyl (C=O) groups is 1. The van der Waals surface area contributed by atoms with Gasteiger partial charge >= 0.3 is 6.03 Å². The van der Waals surface area contributed by atoms with Gasteiger partial charge in [-0.05, 0) is 61.5 Å². The number of nitrogens with zero attached hydrogens (tertiary/aromatic N) is 2. The van der Waals surface area contributed by atoms with E-state index in [-0.39, 0.29) is 6.03 Å². The third kappa shape index (κ3) is 4.84. The van der Waals surface area contributed by atoms with Crippen LogP contribution in [0.2, 0.25) is 0 Å². The first-order chi connectivity index (χ1) is 15.6. The van der Waals surface area contributed by atoms with Crippen LogP contribution in [0.4, 0.5) is 4.79 Å². The molecule has 0 spiro atoms. The lowest BCUT2D eigenvalue weighted by Crippen LogP contribution is -2.52. The fourth-order valence-corrected chi connectivity index (χ4v) is 5.03. The molecule has 5 heteroatoms. The Kier molecular flexibility index (Phi) is 6.20. The topological polar surface area (TPSA) is 64.0 Å². The van der Waals surface area contributed by atoms with Crippen LogP contribution in [-0.2, 0) is 12.8 Å². The van der Waals surface area contributed by atoms with Crippen LogP contribution >= 0.6 is 0 Å². The molecule has 0 radical (unpaired) electrons. The van der Waals surface area contributed by atoms with Crippen LogP contribution < -0.4 is 0 Å². The second-order valence-corrected chi connectivity index (χ2v) is 9.97. The Bertz CT molecular complexity index is 824. The maximum Gasteiger partial charge on any atom is 0.320 e.